The van der Waals surface area contributed by atoms with Crippen LogP contribution in [0.25, 0.3) is 0 Å². The van der Waals surface area contributed by atoms with E-state index in [4.69, 9.17) is 4.74 Å². The number of ether oxygens (including phenoxy) is 1. The Labute approximate surface area is 113 Å². The van der Waals surface area contributed by atoms with Gasteiger partial charge in [-0.25, -0.2) is 0 Å². The lowest BCUT2D eigenvalue weighted by molar-refractivity contribution is 0.227. The Balaban J connectivity index is 2.14. The quantitative estimate of drug-likeness (QED) is 0.820. The zero-order valence-electron chi connectivity index (χ0n) is 11.1. The van der Waals surface area contributed by atoms with Crippen molar-refractivity contribution in [3.05, 3.63) is 59.7 Å². The van der Waals surface area contributed by atoms with Crippen LogP contribution in [0.4, 0.5) is 0 Å². The Morgan fingerprint density at radius 2 is 1.74 bits per heavy atom. The van der Waals surface area contributed by atoms with Crippen molar-refractivity contribution in [2.45, 2.75) is 20.0 Å². The van der Waals surface area contributed by atoms with E-state index in [-0.39, 0.29) is 6.10 Å². The summed E-state index contributed by atoms with van der Waals surface area (Å²) in [5.74, 6) is 0.721. The molecule has 2 N–H and O–H groups in total. The van der Waals surface area contributed by atoms with Crippen LogP contribution in [0.15, 0.2) is 48.5 Å². The van der Waals surface area contributed by atoms with Gasteiger partial charge in [0, 0.05) is 0 Å². The lowest BCUT2D eigenvalue weighted by atomic mass is 9.77. The van der Waals surface area contributed by atoms with Crippen molar-refractivity contribution in [1.82, 2.24) is 0 Å². The molecule has 98 valence electrons. The molecule has 0 aliphatic heterocycles. The lowest BCUT2D eigenvalue weighted by Crippen LogP contribution is -2.31. The van der Waals surface area contributed by atoms with Gasteiger partial charge in [-0.05, 0) is 42.6 Å². The van der Waals surface area contributed by atoms with E-state index in [2.05, 4.69) is 0 Å². The Morgan fingerprint density at radius 3 is 2.32 bits per heavy atom. The van der Waals surface area contributed by atoms with Crippen LogP contribution in [0.5, 0.6) is 5.75 Å². The smallest absolute Gasteiger partial charge is 0.486 e. The second-order valence-electron chi connectivity index (χ2n) is 4.56. The van der Waals surface area contributed by atoms with E-state index < -0.39 is 7.12 Å². The second-order valence-corrected chi connectivity index (χ2v) is 4.56. The third kappa shape index (κ3) is 3.37. The number of rotatable bonds is 4. The maximum Gasteiger partial charge on any atom is 0.488 e. The monoisotopic (exact) mass is 256 g/mol. The van der Waals surface area contributed by atoms with Crippen LogP contribution >= 0.6 is 0 Å². The van der Waals surface area contributed by atoms with Crippen LogP contribution in [0.3, 0.4) is 0 Å². The molecule has 1 atom stereocenters. The average Bonchev–Trinajstić information content (AvgIpc) is 2.39. The standard InChI is InChI=1S/C15H17BO3/c1-11-10-14(8-9-15(11)16(17)18)19-12(2)13-6-4-3-5-7-13/h3-10,12,17-18H,1-2H3. The van der Waals surface area contributed by atoms with Crippen molar-refractivity contribution in [3.63, 3.8) is 0 Å². The summed E-state index contributed by atoms with van der Waals surface area (Å²) in [5.41, 5.74) is 2.40. The first-order chi connectivity index (χ1) is 9.08. The van der Waals surface area contributed by atoms with E-state index in [1.54, 1.807) is 12.1 Å². The van der Waals surface area contributed by atoms with Gasteiger partial charge in [0.2, 0.25) is 0 Å². The summed E-state index contributed by atoms with van der Waals surface area (Å²) in [6.45, 7) is 3.81. The Morgan fingerprint density at radius 1 is 1.05 bits per heavy atom. The predicted octanol–water partition coefficient (Wildman–Crippen LogP) is 1.81. The molecule has 3 nitrogen and oxygen atoms in total. The molecule has 0 saturated carbocycles. The van der Waals surface area contributed by atoms with Crippen molar-refractivity contribution >= 4 is 12.6 Å². The molecule has 0 aromatic heterocycles. The van der Waals surface area contributed by atoms with E-state index in [1.165, 1.54) is 0 Å². The molecule has 4 heteroatoms. The Hall–Kier alpha value is -1.78. The van der Waals surface area contributed by atoms with E-state index in [0.717, 1.165) is 16.9 Å². The summed E-state index contributed by atoms with van der Waals surface area (Å²) in [4.78, 5) is 0. The van der Waals surface area contributed by atoms with Crippen molar-refractivity contribution in [2.75, 3.05) is 0 Å². The van der Waals surface area contributed by atoms with Gasteiger partial charge in [-0.3, -0.25) is 0 Å². The van der Waals surface area contributed by atoms with Crippen LogP contribution < -0.4 is 10.2 Å². The molecule has 2 aromatic carbocycles. The minimum Gasteiger partial charge on any atom is -0.486 e. The van der Waals surface area contributed by atoms with Gasteiger partial charge in [-0.1, -0.05) is 36.4 Å². The first-order valence-corrected chi connectivity index (χ1v) is 6.26. The molecule has 0 fully saturated rings. The van der Waals surface area contributed by atoms with Gasteiger partial charge in [-0.2, -0.15) is 0 Å². The molecule has 1 unspecified atom stereocenters. The highest BCUT2D eigenvalue weighted by Crippen LogP contribution is 2.21. The third-order valence-electron chi connectivity index (χ3n) is 3.10. The fraction of sp³-hybridized carbons (Fsp3) is 0.200. The normalized spacial score (nSPS) is 12.0. The van der Waals surface area contributed by atoms with Crippen molar-refractivity contribution in [3.8, 4) is 5.75 Å². The van der Waals surface area contributed by atoms with Crippen LogP contribution in [0.1, 0.15) is 24.2 Å². The summed E-state index contributed by atoms with van der Waals surface area (Å²) in [7, 11) is -1.44. The van der Waals surface area contributed by atoms with E-state index in [1.807, 2.05) is 50.2 Å². The largest absolute Gasteiger partial charge is 0.488 e. The molecule has 0 aliphatic rings. The summed E-state index contributed by atoms with van der Waals surface area (Å²) < 4.78 is 5.85. The van der Waals surface area contributed by atoms with Crippen LogP contribution in [0, 0.1) is 6.92 Å². The number of hydrogen-bond donors (Lipinski definition) is 2. The fourth-order valence-electron chi connectivity index (χ4n) is 2.01. The Bertz CT molecular complexity index is 540. The third-order valence-corrected chi connectivity index (χ3v) is 3.10. The molecule has 2 rings (SSSR count). The highest BCUT2D eigenvalue weighted by molar-refractivity contribution is 6.59. The molecule has 0 saturated heterocycles. The van der Waals surface area contributed by atoms with Gasteiger partial charge in [0.15, 0.2) is 0 Å². The van der Waals surface area contributed by atoms with E-state index >= 15 is 0 Å². The molecular weight excluding hydrogens is 239 g/mol. The van der Waals surface area contributed by atoms with Crippen LogP contribution in [0.2, 0.25) is 0 Å². The van der Waals surface area contributed by atoms with Gasteiger partial charge in [0.1, 0.15) is 11.9 Å². The molecular formula is C15H17BO3. The zero-order valence-corrected chi connectivity index (χ0v) is 11.1. The lowest BCUT2D eigenvalue weighted by Gasteiger charge is -2.16. The van der Waals surface area contributed by atoms with Gasteiger partial charge >= 0.3 is 7.12 Å². The van der Waals surface area contributed by atoms with Gasteiger partial charge in [0.25, 0.3) is 0 Å². The molecule has 19 heavy (non-hydrogen) atoms. The number of hydrogen-bond acceptors (Lipinski definition) is 3. The molecule has 0 radical (unpaired) electrons. The minimum atomic E-state index is -1.44. The van der Waals surface area contributed by atoms with Gasteiger partial charge < -0.3 is 14.8 Å². The molecule has 0 bridgehead atoms. The molecule has 0 heterocycles. The topological polar surface area (TPSA) is 49.7 Å². The molecule has 2 aromatic rings. The van der Waals surface area contributed by atoms with E-state index in [0.29, 0.717) is 5.46 Å². The Kier molecular flexibility index (Phi) is 4.25. The fourth-order valence-corrected chi connectivity index (χ4v) is 2.01. The highest BCUT2D eigenvalue weighted by atomic mass is 16.5. The highest BCUT2D eigenvalue weighted by Gasteiger charge is 2.15. The average molecular weight is 256 g/mol. The van der Waals surface area contributed by atoms with Crippen molar-refractivity contribution < 1.29 is 14.8 Å². The van der Waals surface area contributed by atoms with Crippen LogP contribution in [-0.2, 0) is 0 Å². The molecule has 0 amide bonds. The van der Waals surface area contributed by atoms with Crippen LogP contribution in [-0.4, -0.2) is 17.2 Å². The van der Waals surface area contributed by atoms with E-state index in [9.17, 15) is 10.0 Å². The maximum absolute atomic E-state index is 9.17. The van der Waals surface area contributed by atoms with Gasteiger partial charge in [-0.15, -0.1) is 0 Å². The van der Waals surface area contributed by atoms with Crippen molar-refractivity contribution in [2.24, 2.45) is 0 Å². The summed E-state index contributed by atoms with van der Waals surface area (Å²) in [6, 6.07) is 15.2. The first-order valence-electron chi connectivity index (χ1n) is 6.26. The maximum atomic E-state index is 9.17. The molecule has 0 spiro atoms. The predicted molar refractivity (Wildman–Crippen MR) is 76.5 cm³/mol. The first kappa shape index (κ1) is 13.7. The number of aryl methyl sites for hydroxylation is 1. The SMILES string of the molecule is Cc1cc(OC(C)c2ccccc2)ccc1B(O)O. The second kappa shape index (κ2) is 5.91. The summed E-state index contributed by atoms with van der Waals surface area (Å²) in [5, 5.41) is 18.3. The molecule has 0 aliphatic carbocycles. The summed E-state index contributed by atoms with van der Waals surface area (Å²) in [6.07, 6.45) is -0.0505. The summed E-state index contributed by atoms with van der Waals surface area (Å²) >= 11 is 0. The zero-order chi connectivity index (χ0) is 13.8. The number of benzene rings is 2. The van der Waals surface area contributed by atoms with Gasteiger partial charge in [0.05, 0.1) is 0 Å². The van der Waals surface area contributed by atoms with Crippen molar-refractivity contribution in [1.29, 1.82) is 0 Å². The minimum absolute atomic E-state index is 0.0505.